The van der Waals surface area contributed by atoms with E-state index in [0.29, 0.717) is 37.9 Å². The molecule has 34 heavy (non-hydrogen) atoms. The van der Waals surface area contributed by atoms with Gasteiger partial charge < -0.3 is 10.2 Å². The molecule has 1 aromatic heterocycles. The standard InChI is InChI=1S/C25H34FN5O3/c1-28-22(14-23(32)29(2)25(28)34)31-11-5-7-20(17-31)24(33)27-15-18-9-12-30(13-10-18)16-19-6-3-4-8-21(19)26/h3-4,6,8,14,18,20H,5,7,9-13,15-17H2,1-2H3,(H,27,33). The van der Waals surface area contributed by atoms with Crippen molar-refractivity contribution in [2.45, 2.75) is 32.2 Å². The highest BCUT2D eigenvalue weighted by molar-refractivity contribution is 5.79. The lowest BCUT2D eigenvalue weighted by atomic mass is 9.94. The van der Waals surface area contributed by atoms with Crippen molar-refractivity contribution in [3.63, 3.8) is 0 Å². The lowest BCUT2D eigenvalue weighted by Crippen LogP contribution is -2.47. The molecule has 0 spiro atoms. The Hall–Kier alpha value is -2.94. The van der Waals surface area contributed by atoms with Gasteiger partial charge in [-0.2, -0.15) is 0 Å². The van der Waals surface area contributed by atoms with Crippen LogP contribution in [-0.2, 0) is 25.4 Å². The van der Waals surface area contributed by atoms with E-state index in [9.17, 15) is 18.8 Å². The van der Waals surface area contributed by atoms with Gasteiger partial charge in [0.1, 0.15) is 11.6 Å². The molecule has 1 atom stereocenters. The van der Waals surface area contributed by atoms with E-state index in [1.165, 1.54) is 23.7 Å². The molecule has 1 aromatic carbocycles. The molecule has 1 unspecified atom stereocenters. The summed E-state index contributed by atoms with van der Waals surface area (Å²) < 4.78 is 16.5. The summed E-state index contributed by atoms with van der Waals surface area (Å²) in [4.78, 5) is 41.5. The van der Waals surface area contributed by atoms with Crippen LogP contribution >= 0.6 is 0 Å². The molecule has 0 bridgehead atoms. The van der Waals surface area contributed by atoms with Crippen molar-refractivity contribution >= 4 is 11.7 Å². The number of rotatable bonds is 6. The number of anilines is 1. The predicted octanol–water partition coefficient (Wildman–Crippen LogP) is 1.47. The Morgan fingerprint density at radius 3 is 2.53 bits per heavy atom. The number of likely N-dealkylation sites (tertiary alicyclic amines) is 1. The van der Waals surface area contributed by atoms with Gasteiger partial charge in [0.15, 0.2) is 0 Å². The number of nitrogens with one attached hydrogen (secondary N) is 1. The fourth-order valence-electron chi connectivity index (χ4n) is 5.03. The Morgan fingerprint density at radius 2 is 1.79 bits per heavy atom. The minimum Gasteiger partial charge on any atom is -0.357 e. The van der Waals surface area contributed by atoms with Gasteiger partial charge in [0, 0.05) is 51.9 Å². The summed E-state index contributed by atoms with van der Waals surface area (Å²) in [7, 11) is 3.12. The van der Waals surface area contributed by atoms with Gasteiger partial charge in [-0.3, -0.25) is 23.6 Å². The minimum atomic E-state index is -0.365. The first-order chi connectivity index (χ1) is 16.3. The van der Waals surface area contributed by atoms with Gasteiger partial charge in [0.2, 0.25) is 5.91 Å². The quantitative estimate of drug-likeness (QED) is 0.690. The van der Waals surface area contributed by atoms with Crippen molar-refractivity contribution in [2.75, 3.05) is 37.6 Å². The Balaban J connectivity index is 1.27. The third kappa shape index (κ3) is 5.41. The minimum absolute atomic E-state index is 0.0346. The van der Waals surface area contributed by atoms with Gasteiger partial charge in [-0.05, 0) is 50.8 Å². The largest absolute Gasteiger partial charge is 0.357 e. The third-order valence-corrected chi connectivity index (χ3v) is 7.24. The van der Waals surface area contributed by atoms with Gasteiger partial charge >= 0.3 is 5.69 Å². The maximum Gasteiger partial charge on any atom is 0.332 e. The van der Waals surface area contributed by atoms with Gasteiger partial charge in [-0.25, -0.2) is 9.18 Å². The van der Waals surface area contributed by atoms with E-state index in [1.807, 2.05) is 17.0 Å². The van der Waals surface area contributed by atoms with Crippen LogP contribution < -0.4 is 21.5 Å². The number of halogens is 1. The highest BCUT2D eigenvalue weighted by atomic mass is 19.1. The summed E-state index contributed by atoms with van der Waals surface area (Å²) >= 11 is 0. The summed E-state index contributed by atoms with van der Waals surface area (Å²) in [6.07, 6.45) is 3.57. The molecule has 4 rings (SSSR count). The van der Waals surface area contributed by atoms with Gasteiger partial charge in [-0.15, -0.1) is 0 Å². The fourth-order valence-corrected chi connectivity index (χ4v) is 5.03. The van der Waals surface area contributed by atoms with E-state index in [4.69, 9.17) is 0 Å². The first kappa shape index (κ1) is 24.2. The molecular formula is C25H34FN5O3. The van der Waals surface area contributed by atoms with E-state index in [1.54, 1.807) is 13.1 Å². The highest BCUT2D eigenvalue weighted by Crippen LogP contribution is 2.23. The maximum atomic E-state index is 13.9. The second-order valence-electron chi connectivity index (χ2n) is 9.58. The highest BCUT2D eigenvalue weighted by Gasteiger charge is 2.28. The first-order valence-electron chi connectivity index (χ1n) is 12.1. The summed E-state index contributed by atoms with van der Waals surface area (Å²) in [6, 6.07) is 8.38. The van der Waals surface area contributed by atoms with Crippen LogP contribution in [0, 0.1) is 17.7 Å². The zero-order valence-corrected chi connectivity index (χ0v) is 20.0. The topological polar surface area (TPSA) is 79.6 Å². The van der Waals surface area contributed by atoms with Crippen LogP contribution in [0.25, 0.3) is 0 Å². The molecule has 0 radical (unpaired) electrons. The third-order valence-electron chi connectivity index (χ3n) is 7.24. The van der Waals surface area contributed by atoms with E-state index >= 15 is 0 Å². The van der Waals surface area contributed by atoms with Crippen LogP contribution in [-0.4, -0.2) is 52.7 Å². The molecule has 0 aliphatic carbocycles. The molecule has 1 N–H and O–H groups in total. The number of amides is 1. The lowest BCUT2D eigenvalue weighted by Gasteiger charge is -2.35. The molecule has 3 heterocycles. The van der Waals surface area contributed by atoms with Gasteiger partial charge in [0.25, 0.3) is 5.56 Å². The summed E-state index contributed by atoms with van der Waals surface area (Å²) in [5, 5.41) is 3.14. The number of aromatic nitrogens is 2. The Kier molecular flexibility index (Phi) is 7.50. The number of nitrogens with zero attached hydrogens (tertiary/aromatic N) is 4. The second-order valence-corrected chi connectivity index (χ2v) is 9.58. The normalized spacial score (nSPS) is 19.9. The van der Waals surface area contributed by atoms with Crippen molar-refractivity contribution < 1.29 is 9.18 Å². The van der Waals surface area contributed by atoms with E-state index in [0.717, 1.165) is 48.9 Å². The zero-order valence-electron chi connectivity index (χ0n) is 20.0. The molecule has 0 saturated carbocycles. The average Bonchev–Trinajstić information content (AvgIpc) is 2.85. The van der Waals surface area contributed by atoms with Gasteiger partial charge in [-0.1, -0.05) is 18.2 Å². The van der Waals surface area contributed by atoms with Crippen molar-refractivity contribution in [3.05, 3.63) is 62.6 Å². The van der Waals surface area contributed by atoms with Crippen LogP contribution in [0.2, 0.25) is 0 Å². The first-order valence-corrected chi connectivity index (χ1v) is 12.1. The van der Waals surface area contributed by atoms with Crippen LogP contribution in [0.15, 0.2) is 39.9 Å². The SMILES string of the molecule is Cn1c(N2CCCC(C(=O)NCC3CCN(Cc4ccccc4F)CC3)C2)cc(=O)n(C)c1=O. The molecule has 1 amide bonds. The zero-order chi connectivity index (χ0) is 24.2. The Bertz CT molecular complexity index is 1140. The number of benzene rings is 1. The maximum absolute atomic E-state index is 13.9. The average molecular weight is 472 g/mol. The summed E-state index contributed by atoms with van der Waals surface area (Å²) in [5.41, 5.74) is 0.0197. The smallest absolute Gasteiger partial charge is 0.332 e. The Labute approximate surface area is 199 Å². The van der Waals surface area contributed by atoms with Crippen LogP contribution in [0.5, 0.6) is 0 Å². The fraction of sp³-hybridized carbons (Fsp3) is 0.560. The van der Waals surface area contributed by atoms with Gasteiger partial charge in [0.05, 0.1) is 5.92 Å². The molecule has 9 heteroatoms. The van der Waals surface area contributed by atoms with Crippen molar-refractivity contribution in [3.8, 4) is 0 Å². The number of hydrogen-bond acceptors (Lipinski definition) is 5. The van der Waals surface area contributed by atoms with Crippen LogP contribution in [0.3, 0.4) is 0 Å². The molecule has 2 aliphatic heterocycles. The molecular weight excluding hydrogens is 437 g/mol. The number of carbonyl (C=O) groups is 1. The predicted molar refractivity (Wildman–Crippen MR) is 129 cm³/mol. The molecule has 2 fully saturated rings. The van der Waals surface area contributed by atoms with E-state index in [2.05, 4.69) is 10.2 Å². The van der Waals surface area contributed by atoms with Crippen molar-refractivity contribution in [1.82, 2.24) is 19.4 Å². The molecule has 2 saturated heterocycles. The van der Waals surface area contributed by atoms with E-state index in [-0.39, 0.29) is 28.9 Å². The van der Waals surface area contributed by atoms with Crippen LogP contribution in [0.4, 0.5) is 10.2 Å². The second kappa shape index (κ2) is 10.5. The molecule has 2 aliphatic rings. The van der Waals surface area contributed by atoms with Crippen LogP contribution in [0.1, 0.15) is 31.2 Å². The molecule has 2 aromatic rings. The summed E-state index contributed by atoms with van der Waals surface area (Å²) in [6.45, 7) is 4.26. The van der Waals surface area contributed by atoms with Crippen molar-refractivity contribution in [2.24, 2.45) is 25.9 Å². The Morgan fingerprint density at radius 1 is 1.06 bits per heavy atom. The van der Waals surface area contributed by atoms with E-state index < -0.39 is 0 Å². The monoisotopic (exact) mass is 471 g/mol. The van der Waals surface area contributed by atoms with Crippen molar-refractivity contribution in [1.29, 1.82) is 0 Å². The molecule has 8 nitrogen and oxygen atoms in total. The lowest BCUT2D eigenvalue weighted by molar-refractivity contribution is -0.125. The number of carbonyl (C=O) groups excluding carboxylic acids is 1. The number of hydrogen-bond donors (Lipinski definition) is 1. The molecule has 184 valence electrons. The summed E-state index contributed by atoms with van der Waals surface area (Å²) in [5.74, 6) is 0.682. The number of piperidine rings is 2.